The number of carbonyl (C=O) groups excluding carboxylic acids is 2. The number of nitrogens with one attached hydrogen (secondary N) is 3. The molecule has 1 heterocycles. The molecule has 2 saturated carbocycles. The SMILES string of the molecule is C1CCOC1.C[C@@H](OCC1(c2ccccc2)CCC(N)CC1)c1cc(C(F)(F)F)cc(C(F)(F)F)c1.C[C@@H](OCC1(c2ccccc2)CCC(NC(=O)NNC(=O)OC(C)(C)C)CC1)c1cc(C(F)(F)F)cc(C(F)(F)F)c1. The van der Waals surface area contributed by atoms with Gasteiger partial charge in [0.05, 0.1) is 47.7 Å². The summed E-state index contributed by atoms with van der Waals surface area (Å²) in [5.74, 6) is 0. The fourth-order valence-corrected chi connectivity index (χ4v) is 9.46. The second kappa shape index (κ2) is 26.6. The van der Waals surface area contributed by atoms with Gasteiger partial charge in [0.25, 0.3) is 0 Å². The molecule has 0 bridgehead atoms. The predicted octanol–water partition coefficient (Wildman–Crippen LogP) is 14.9. The lowest BCUT2D eigenvalue weighted by molar-refractivity contribution is -0.145. The van der Waals surface area contributed by atoms with Gasteiger partial charge in [0, 0.05) is 36.1 Å². The molecule has 4 aromatic carbocycles. The summed E-state index contributed by atoms with van der Waals surface area (Å²) in [5.41, 5.74) is 4.82. The van der Waals surface area contributed by atoms with Gasteiger partial charge >= 0.3 is 36.8 Å². The standard InChI is InChI=1S/C29H35F6N3O4.C23H25F6NO.C4H8O/c1-18(19-14-21(28(30,31)32)16-22(15-19)29(33,34)35)41-17-27(20-8-6-5-7-9-20)12-10-23(11-13-27)36-24(39)37-38-25(40)42-26(2,3)4;1-15(16-11-18(22(24,25)26)13-19(12-16)23(27,28)29)31-14-21(9-7-20(30)8-10-21)17-5-3-2-4-6-17;1-2-4-5-3-1/h5-9,14-16,18,23H,10-13,17H2,1-4H3,(H,38,40)(H2,36,37,39);2-6,11-13,15,20H,7-10,14,30H2,1H3;1-4H2/t18-,23?,27?;15-,20?,21?;/m11./s1. The molecule has 3 aliphatic rings. The van der Waals surface area contributed by atoms with Gasteiger partial charge in [-0.1, -0.05) is 60.7 Å². The van der Waals surface area contributed by atoms with Crippen molar-refractivity contribution in [3.63, 3.8) is 0 Å². The van der Waals surface area contributed by atoms with Gasteiger partial charge < -0.3 is 30.0 Å². The summed E-state index contributed by atoms with van der Waals surface area (Å²) in [7, 11) is 0. The molecule has 0 radical (unpaired) electrons. The second-order valence-electron chi connectivity index (χ2n) is 21.0. The molecule has 2 atom stereocenters. The van der Waals surface area contributed by atoms with Gasteiger partial charge in [-0.15, -0.1) is 0 Å². The molecule has 0 aromatic heterocycles. The van der Waals surface area contributed by atoms with Crippen LogP contribution in [-0.2, 0) is 54.5 Å². The van der Waals surface area contributed by atoms with Crippen molar-refractivity contribution in [3.05, 3.63) is 142 Å². The van der Waals surface area contributed by atoms with Crippen LogP contribution in [0.5, 0.6) is 0 Å². The van der Waals surface area contributed by atoms with Crippen molar-refractivity contribution in [1.82, 2.24) is 16.2 Å². The van der Waals surface area contributed by atoms with Crippen LogP contribution in [0.4, 0.5) is 62.3 Å². The first kappa shape index (κ1) is 63.3. The minimum atomic E-state index is -4.96. The predicted molar refractivity (Wildman–Crippen MR) is 268 cm³/mol. The van der Waals surface area contributed by atoms with Gasteiger partial charge in [-0.05, 0) is 157 Å². The van der Waals surface area contributed by atoms with Crippen molar-refractivity contribution in [2.24, 2.45) is 5.73 Å². The minimum Gasteiger partial charge on any atom is -0.443 e. The smallest absolute Gasteiger partial charge is 0.426 e. The number of urea groups is 1. The molecule has 2 aliphatic carbocycles. The third-order valence-electron chi connectivity index (χ3n) is 13.9. The maximum absolute atomic E-state index is 13.4. The van der Waals surface area contributed by atoms with Crippen molar-refractivity contribution in [1.29, 1.82) is 0 Å². The summed E-state index contributed by atoms with van der Waals surface area (Å²) in [6.07, 6.45) is -14.9. The third kappa shape index (κ3) is 19.1. The highest BCUT2D eigenvalue weighted by Crippen LogP contribution is 2.44. The van der Waals surface area contributed by atoms with E-state index in [0.717, 1.165) is 62.2 Å². The van der Waals surface area contributed by atoms with Crippen LogP contribution < -0.4 is 21.9 Å². The Morgan fingerprint density at radius 2 is 0.936 bits per heavy atom. The number of ether oxygens (including phenoxy) is 4. The van der Waals surface area contributed by atoms with Crippen molar-refractivity contribution in [3.8, 4) is 0 Å². The second-order valence-corrected chi connectivity index (χ2v) is 21.0. The monoisotopic (exact) mass is 1120 g/mol. The molecule has 3 fully saturated rings. The summed E-state index contributed by atoms with van der Waals surface area (Å²) in [5, 5.41) is 2.78. The lowest BCUT2D eigenvalue weighted by Crippen LogP contribution is -2.52. The highest BCUT2D eigenvalue weighted by atomic mass is 19.4. The van der Waals surface area contributed by atoms with Gasteiger partial charge in [-0.25, -0.2) is 20.4 Å². The third-order valence-corrected chi connectivity index (χ3v) is 13.9. The number of benzene rings is 4. The van der Waals surface area contributed by atoms with E-state index in [2.05, 4.69) is 16.2 Å². The van der Waals surface area contributed by atoms with E-state index >= 15 is 0 Å². The van der Waals surface area contributed by atoms with Crippen LogP contribution in [0, 0.1) is 0 Å². The number of hydrogen-bond donors (Lipinski definition) is 4. The van der Waals surface area contributed by atoms with Gasteiger partial charge in [-0.2, -0.15) is 52.7 Å². The Morgan fingerprint density at radius 3 is 1.26 bits per heavy atom. The fourth-order valence-electron chi connectivity index (χ4n) is 9.46. The van der Waals surface area contributed by atoms with Crippen LogP contribution in [0.3, 0.4) is 0 Å². The molecule has 7 rings (SSSR count). The molecule has 3 amide bonds. The van der Waals surface area contributed by atoms with Gasteiger partial charge in [0.2, 0.25) is 0 Å². The van der Waals surface area contributed by atoms with E-state index in [1.54, 1.807) is 20.8 Å². The van der Waals surface area contributed by atoms with Crippen LogP contribution in [0.25, 0.3) is 0 Å². The first-order chi connectivity index (χ1) is 36.3. The average molecular weight is 1120 g/mol. The minimum absolute atomic E-state index is 0.0366. The Morgan fingerprint density at radius 1 is 0.577 bits per heavy atom. The number of hydrogen-bond acceptors (Lipinski definition) is 7. The summed E-state index contributed by atoms with van der Waals surface area (Å²) in [6.45, 7) is 10.1. The molecule has 0 spiro atoms. The highest BCUT2D eigenvalue weighted by molar-refractivity contribution is 5.77. The number of amides is 3. The molecular formula is C56H68F12N4O6. The number of nitrogens with two attached hydrogens (primary N) is 1. The van der Waals surface area contributed by atoms with Gasteiger partial charge in [0.15, 0.2) is 0 Å². The largest absolute Gasteiger partial charge is 0.443 e. The van der Waals surface area contributed by atoms with E-state index in [9.17, 15) is 62.3 Å². The van der Waals surface area contributed by atoms with Crippen LogP contribution >= 0.6 is 0 Å². The summed E-state index contributed by atoms with van der Waals surface area (Å²) >= 11 is 0. The Kier molecular flexibility index (Phi) is 21.6. The van der Waals surface area contributed by atoms with Crippen LogP contribution in [0.15, 0.2) is 97.1 Å². The summed E-state index contributed by atoms with van der Waals surface area (Å²) < 4.78 is 181. The first-order valence-electron chi connectivity index (χ1n) is 25.6. The molecule has 10 nitrogen and oxygen atoms in total. The van der Waals surface area contributed by atoms with Crippen molar-refractivity contribution in [2.45, 2.75) is 164 Å². The zero-order chi connectivity index (χ0) is 57.7. The van der Waals surface area contributed by atoms with E-state index in [-0.39, 0.29) is 54.0 Å². The molecule has 78 heavy (non-hydrogen) atoms. The van der Waals surface area contributed by atoms with Crippen molar-refractivity contribution >= 4 is 12.1 Å². The fraction of sp³-hybridized carbons (Fsp3) is 0.536. The van der Waals surface area contributed by atoms with E-state index in [1.165, 1.54) is 26.7 Å². The Bertz CT molecular complexity index is 2440. The zero-order valence-electron chi connectivity index (χ0n) is 44.0. The molecule has 5 N–H and O–H groups in total. The molecule has 432 valence electrons. The highest BCUT2D eigenvalue weighted by Gasteiger charge is 2.42. The molecule has 1 saturated heterocycles. The van der Waals surface area contributed by atoms with E-state index in [1.807, 2.05) is 60.7 Å². The Balaban J connectivity index is 0.000000272. The topological polar surface area (TPSA) is 133 Å². The molecule has 1 aliphatic heterocycles. The van der Waals surface area contributed by atoms with E-state index < -0.39 is 82.3 Å². The molecular weight excluding hydrogens is 1050 g/mol. The van der Waals surface area contributed by atoms with Crippen LogP contribution in [0.1, 0.15) is 156 Å². The number of hydrazine groups is 1. The quantitative estimate of drug-likeness (QED) is 0.0868. The zero-order valence-corrected chi connectivity index (χ0v) is 44.0. The van der Waals surface area contributed by atoms with Crippen LogP contribution in [0.2, 0.25) is 0 Å². The molecule has 22 heteroatoms. The Labute approximate surface area is 446 Å². The van der Waals surface area contributed by atoms with Crippen LogP contribution in [-0.4, -0.2) is 56.2 Å². The maximum Gasteiger partial charge on any atom is 0.426 e. The van der Waals surface area contributed by atoms with Gasteiger partial charge in [-0.3, -0.25) is 0 Å². The maximum atomic E-state index is 13.4. The molecule has 0 unspecified atom stereocenters. The molecule has 4 aromatic rings. The first-order valence-corrected chi connectivity index (χ1v) is 25.6. The lowest BCUT2D eigenvalue weighted by Gasteiger charge is -2.41. The average Bonchev–Trinajstić information content (AvgIpc) is 4.02. The summed E-state index contributed by atoms with van der Waals surface area (Å²) in [4.78, 5) is 24.1. The van der Waals surface area contributed by atoms with Crippen molar-refractivity contribution < 1.29 is 81.2 Å². The van der Waals surface area contributed by atoms with E-state index in [0.29, 0.717) is 37.8 Å². The van der Waals surface area contributed by atoms with Gasteiger partial charge in [0.1, 0.15) is 5.60 Å². The number of alkyl halides is 12. The van der Waals surface area contributed by atoms with E-state index in [4.69, 9.17) is 24.7 Å². The summed E-state index contributed by atoms with van der Waals surface area (Å²) in [6, 6.07) is 21.1. The number of rotatable bonds is 11. The number of carbonyl (C=O) groups is 2. The lowest BCUT2D eigenvalue weighted by atomic mass is 9.68. The Hall–Kier alpha value is -5.58. The van der Waals surface area contributed by atoms with Crippen molar-refractivity contribution in [2.75, 3.05) is 26.4 Å². The number of halogens is 12. The normalized spacial score (nSPS) is 21.9.